The Morgan fingerprint density at radius 1 is 1.00 bits per heavy atom. The van der Waals surface area contributed by atoms with Crippen LogP contribution in [0.2, 0.25) is 0 Å². The zero-order chi connectivity index (χ0) is 37.6. The maximum atomic E-state index is 14.3. The van der Waals surface area contributed by atoms with Crippen LogP contribution in [0.1, 0.15) is 53.9 Å². The highest BCUT2D eigenvalue weighted by Crippen LogP contribution is 2.83. The van der Waals surface area contributed by atoms with Crippen molar-refractivity contribution in [3.8, 4) is 0 Å². The first-order valence-electron chi connectivity index (χ1n) is 17.8. The van der Waals surface area contributed by atoms with Gasteiger partial charge in [-0.3, -0.25) is 9.59 Å². The van der Waals surface area contributed by atoms with Crippen molar-refractivity contribution in [1.82, 2.24) is 0 Å². The third kappa shape index (κ3) is 3.72. The van der Waals surface area contributed by atoms with E-state index in [2.05, 4.69) is 0 Å². The monoisotopic (exact) mass is 734 g/mol. The van der Waals surface area contributed by atoms with Crippen molar-refractivity contribution in [1.29, 1.82) is 0 Å². The summed E-state index contributed by atoms with van der Waals surface area (Å²) in [7, 11) is 2.24. The zero-order valence-corrected chi connectivity index (χ0v) is 30.1. The first kappa shape index (κ1) is 35.9. The fraction of sp³-hybridized carbons (Fsp3) is 0.778. The van der Waals surface area contributed by atoms with Gasteiger partial charge in [0.25, 0.3) is 5.79 Å². The van der Waals surface area contributed by atoms with Crippen LogP contribution in [0.25, 0.3) is 0 Å². The van der Waals surface area contributed by atoms with Crippen LogP contribution in [0.15, 0.2) is 24.0 Å². The molecule has 52 heavy (non-hydrogen) atoms. The summed E-state index contributed by atoms with van der Waals surface area (Å²) in [6.45, 7) is 7.32. The Hall–Kier alpha value is -3.12. The van der Waals surface area contributed by atoms with Crippen LogP contribution in [0, 0.1) is 34.0 Å². The van der Waals surface area contributed by atoms with Crippen molar-refractivity contribution >= 4 is 23.9 Å². The Balaban J connectivity index is 1.39. The molecule has 1 spiro atoms. The van der Waals surface area contributed by atoms with E-state index in [0.717, 1.165) is 7.11 Å². The van der Waals surface area contributed by atoms with Crippen molar-refractivity contribution in [2.24, 2.45) is 34.0 Å². The van der Waals surface area contributed by atoms with E-state index in [-0.39, 0.29) is 24.8 Å². The number of carbonyl (C=O) groups is 4. The number of carbonyl (C=O) groups excluding carboxylic acids is 4. The summed E-state index contributed by atoms with van der Waals surface area (Å²) < 4.78 is 54.3. The number of esters is 4. The molecule has 0 unspecified atom stereocenters. The number of allylic oxidation sites excluding steroid dienone is 1. The summed E-state index contributed by atoms with van der Waals surface area (Å²) in [5.74, 6) is -9.66. The van der Waals surface area contributed by atoms with Gasteiger partial charge in [0.2, 0.25) is 6.29 Å². The summed E-state index contributed by atoms with van der Waals surface area (Å²) >= 11 is 0. The highest BCUT2D eigenvalue weighted by Gasteiger charge is 2.97. The Bertz CT molecular complexity index is 1680. The molecule has 0 amide bonds. The molecule has 7 fully saturated rings. The van der Waals surface area contributed by atoms with Gasteiger partial charge in [0.15, 0.2) is 5.60 Å². The second-order valence-corrected chi connectivity index (χ2v) is 16.0. The molecular weight excluding hydrogens is 688 g/mol. The normalized spacial score (nSPS) is 53.1. The minimum atomic E-state index is -2.82. The molecule has 0 aromatic rings. The summed E-state index contributed by atoms with van der Waals surface area (Å²) in [4.78, 5) is 54.9. The highest BCUT2D eigenvalue weighted by atomic mass is 16.7. The Morgan fingerprint density at radius 2 is 1.71 bits per heavy atom. The van der Waals surface area contributed by atoms with Crippen LogP contribution in [0.3, 0.4) is 0 Å². The van der Waals surface area contributed by atoms with Crippen molar-refractivity contribution < 1.29 is 77.1 Å². The van der Waals surface area contributed by atoms with Gasteiger partial charge in [0, 0.05) is 47.0 Å². The van der Waals surface area contributed by atoms with E-state index < -0.39 is 130 Å². The van der Waals surface area contributed by atoms with E-state index in [1.54, 1.807) is 40.7 Å². The molecule has 5 heterocycles. The topological polar surface area (TPSA) is 215 Å². The van der Waals surface area contributed by atoms with Gasteiger partial charge in [0.1, 0.15) is 28.8 Å². The van der Waals surface area contributed by atoms with Crippen LogP contribution in [0.4, 0.5) is 0 Å². The summed E-state index contributed by atoms with van der Waals surface area (Å²) in [6, 6.07) is 0. The largest absolute Gasteiger partial charge is 0.469 e. The minimum Gasteiger partial charge on any atom is -0.469 e. The molecule has 286 valence electrons. The van der Waals surface area contributed by atoms with Crippen molar-refractivity contribution in [3.63, 3.8) is 0 Å². The molecule has 2 bridgehead atoms. The maximum absolute atomic E-state index is 14.3. The number of epoxide rings is 1. The Kier molecular flexibility index (Phi) is 7.58. The number of hydrogen-bond donors (Lipinski definition) is 3. The standard InChI is InChI=1S/C36H46O16/c1-8-16(3)25(39)50-18-13-19(49-21(37)9-2)33(27(40)44-6)14-47-22-23(33)32(18)15-48-35(43,28(41)45-7)26(32)30(4,24(22)38)36-20-12-17(31(36,5)52-36)34(42)10-11-46-29(34)51-20/h8,10-11,17-20,22-24,26,29,38,42-43H,9,12-15H2,1-7H3/t17-,18+,19-,20+,22-,23-,24-,26+,29+,30-,31+,32+,33+,34+,35+,36+/m1/s1. The SMILES string of the molecule is CC=C(C)C(=O)O[C@H]1C[C@@H](OC(=O)CC)[C@@]2(C(=O)OC)CO[C@H]3[C@@H](O)[C@@](C)([C@]45O[C@@]4(C)[C@H]4C[C@@H]5O[C@@H]5OC=C[C@@]54O)[C@H]4[C@]1(CO[C@]4(O)C(=O)OC)[C@@H]32. The molecule has 0 aromatic heterocycles. The Labute approximate surface area is 299 Å². The third-order valence-electron chi connectivity index (χ3n) is 14.4. The lowest BCUT2D eigenvalue weighted by Gasteiger charge is -2.65. The number of ether oxygens (including phenoxy) is 9. The number of methoxy groups -OCH3 is 2. The molecule has 3 N–H and O–H groups in total. The number of hydrogen-bond acceptors (Lipinski definition) is 16. The van der Waals surface area contributed by atoms with Crippen molar-refractivity contribution in [2.45, 2.75) is 113 Å². The third-order valence-corrected chi connectivity index (χ3v) is 14.4. The molecule has 5 aliphatic heterocycles. The lowest BCUT2D eigenvalue weighted by Crippen LogP contribution is -2.79. The second kappa shape index (κ2) is 11.0. The van der Waals surface area contributed by atoms with Gasteiger partial charge in [-0.1, -0.05) is 19.9 Å². The van der Waals surface area contributed by atoms with Crippen LogP contribution in [-0.2, 0) is 61.8 Å². The number of rotatable bonds is 7. The molecule has 0 radical (unpaired) electrons. The smallest absolute Gasteiger partial charge is 0.366 e. The molecule has 3 saturated carbocycles. The second-order valence-electron chi connectivity index (χ2n) is 16.0. The van der Waals surface area contributed by atoms with Gasteiger partial charge < -0.3 is 58.0 Å². The quantitative estimate of drug-likeness (QED) is 0.138. The van der Waals surface area contributed by atoms with Crippen LogP contribution >= 0.6 is 0 Å². The van der Waals surface area contributed by atoms with Gasteiger partial charge in [-0.25, -0.2) is 9.59 Å². The summed E-state index contributed by atoms with van der Waals surface area (Å²) in [5, 5.41) is 37.6. The van der Waals surface area contributed by atoms with Gasteiger partial charge in [0.05, 0.1) is 52.0 Å². The zero-order valence-electron chi connectivity index (χ0n) is 30.1. The van der Waals surface area contributed by atoms with E-state index in [0.29, 0.717) is 0 Å². The van der Waals surface area contributed by atoms with E-state index in [9.17, 15) is 34.5 Å². The molecular formula is C36H46O16. The highest BCUT2D eigenvalue weighted by molar-refractivity contribution is 5.88. The summed E-state index contributed by atoms with van der Waals surface area (Å²) in [6.07, 6.45) is -3.13. The molecule has 16 atom stereocenters. The predicted molar refractivity (Wildman–Crippen MR) is 169 cm³/mol. The lowest BCUT2D eigenvalue weighted by molar-refractivity contribution is -0.314. The van der Waals surface area contributed by atoms with Gasteiger partial charge in [-0.05, 0) is 33.3 Å². The van der Waals surface area contributed by atoms with Crippen molar-refractivity contribution in [3.05, 3.63) is 24.0 Å². The summed E-state index contributed by atoms with van der Waals surface area (Å²) in [5.41, 5.74) is -9.47. The van der Waals surface area contributed by atoms with Gasteiger partial charge in [-0.2, -0.15) is 0 Å². The molecule has 8 aliphatic rings. The van der Waals surface area contributed by atoms with Crippen LogP contribution in [0.5, 0.6) is 0 Å². The molecule has 3 aliphatic carbocycles. The lowest BCUT2D eigenvalue weighted by atomic mass is 9.37. The number of aliphatic hydroxyl groups excluding tert-OH is 1. The van der Waals surface area contributed by atoms with Crippen molar-refractivity contribution in [2.75, 3.05) is 27.4 Å². The Morgan fingerprint density at radius 3 is 2.37 bits per heavy atom. The molecule has 4 saturated heterocycles. The fourth-order valence-corrected chi connectivity index (χ4v) is 12.2. The maximum Gasteiger partial charge on any atom is 0.366 e. The molecule has 0 aromatic carbocycles. The first-order chi connectivity index (χ1) is 24.5. The molecule has 16 nitrogen and oxygen atoms in total. The predicted octanol–water partition coefficient (Wildman–Crippen LogP) is 0.187. The van der Waals surface area contributed by atoms with E-state index >= 15 is 0 Å². The van der Waals surface area contributed by atoms with Gasteiger partial charge in [-0.15, -0.1) is 0 Å². The first-order valence-corrected chi connectivity index (χ1v) is 17.8. The average Bonchev–Trinajstić information content (AvgIpc) is 3.50. The fourth-order valence-electron chi connectivity index (χ4n) is 12.2. The minimum absolute atomic E-state index is 0.0439. The number of aliphatic hydroxyl groups is 3. The average molecular weight is 735 g/mol. The van der Waals surface area contributed by atoms with E-state index in [1.165, 1.54) is 19.4 Å². The molecule has 8 rings (SSSR count). The van der Waals surface area contributed by atoms with Crippen LogP contribution < -0.4 is 0 Å². The van der Waals surface area contributed by atoms with Crippen LogP contribution in [-0.4, -0.2) is 126 Å². The van der Waals surface area contributed by atoms with E-state index in [4.69, 9.17) is 42.6 Å². The van der Waals surface area contributed by atoms with E-state index in [1.807, 2.05) is 0 Å². The number of fused-ring (bicyclic) bond motifs is 7. The molecule has 16 heteroatoms. The van der Waals surface area contributed by atoms with Gasteiger partial charge >= 0.3 is 23.9 Å².